The number of halogens is 2. The monoisotopic (exact) mass is 353 g/mol. The fourth-order valence-electron chi connectivity index (χ4n) is 2.11. The summed E-state index contributed by atoms with van der Waals surface area (Å²) in [6.45, 7) is -2.99. The molecule has 2 rings (SSSR count). The van der Waals surface area contributed by atoms with Crippen molar-refractivity contribution in [2.45, 2.75) is 6.61 Å². The first-order chi connectivity index (χ1) is 12.0. The second-order valence-corrected chi connectivity index (χ2v) is 4.76. The van der Waals surface area contributed by atoms with Crippen molar-refractivity contribution in [3.63, 3.8) is 0 Å². The second kappa shape index (κ2) is 8.18. The van der Waals surface area contributed by atoms with E-state index < -0.39 is 12.5 Å². The summed E-state index contributed by atoms with van der Waals surface area (Å²) in [6, 6.07) is 8.83. The average molecular weight is 353 g/mol. The molecule has 0 aliphatic rings. The van der Waals surface area contributed by atoms with Gasteiger partial charge in [0, 0.05) is 11.6 Å². The largest absolute Gasteiger partial charge is 0.497 e. The van der Waals surface area contributed by atoms with Crippen LogP contribution in [0.4, 0.5) is 14.5 Å². The van der Waals surface area contributed by atoms with Crippen LogP contribution in [0.1, 0.15) is 10.4 Å². The summed E-state index contributed by atoms with van der Waals surface area (Å²) in [6.07, 6.45) is 0. The number of anilines is 1. The van der Waals surface area contributed by atoms with Crippen LogP contribution in [0.5, 0.6) is 23.0 Å². The molecule has 0 unspecified atom stereocenters. The topological polar surface area (TPSA) is 66.0 Å². The molecule has 0 radical (unpaired) electrons. The van der Waals surface area contributed by atoms with Gasteiger partial charge in [-0.05, 0) is 30.3 Å². The molecule has 8 heteroatoms. The van der Waals surface area contributed by atoms with Crippen molar-refractivity contribution in [3.05, 3.63) is 42.0 Å². The summed E-state index contributed by atoms with van der Waals surface area (Å²) in [4.78, 5) is 12.4. The third-order valence-corrected chi connectivity index (χ3v) is 3.30. The van der Waals surface area contributed by atoms with Crippen molar-refractivity contribution in [3.8, 4) is 23.0 Å². The van der Waals surface area contributed by atoms with Gasteiger partial charge in [0.1, 0.15) is 11.5 Å². The van der Waals surface area contributed by atoms with Crippen molar-refractivity contribution < 1.29 is 32.5 Å². The van der Waals surface area contributed by atoms with Crippen LogP contribution in [0.25, 0.3) is 0 Å². The zero-order valence-electron chi connectivity index (χ0n) is 13.8. The normalized spacial score (nSPS) is 10.3. The van der Waals surface area contributed by atoms with Crippen molar-refractivity contribution in [1.29, 1.82) is 0 Å². The summed E-state index contributed by atoms with van der Waals surface area (Å²) >= 11 is 0. The zero-order valence-corrected chi connectivity index (χ0v) is 13.8. The van der Waals surface area contributed by atoms with Gasteiger partial charge in [-0.3, -0.25) is 4.79 Å². The Balaban J connectivity index is 2.26. The van der Waals surface area contributed by atoms with Crippen LogP contribution in [0.15, 0.2) is 36.4 Å². The van der Waals surface area contributed by atoms with Gasteiger partial charge >= 0.3 is 6.61 Å². The third kappa shape index (κ3) is 4.50. The fraction of sp³-hybridized carbons (Fsp3) is 0.235. The van der Waals surface area contributed by atoms with Gasteiger partial charge in [-0.2, -0.15) is 8.78 Å². The van der Waals surface area contributed by atoms with Crippen molar-refractivity contribution in [1.82, 2.24) is 0 Å². The number of alkyl halides is 2. The number of rotatable bonds is 7. The van der Waals surface area contributed by atoms with E-state index in [0.717, 1.165) is 0 Å². The van der Waals surface area contributed by atoms with Gasteiger partial charge < -0.3 is 24.3 Å². The van der Waals surface area contributed by atoms with E-state index in [1.54, 1.807) is 18.2 Å². The highest BCUT2D eigenvalue weighted by molar-refractivity contribution is 6.05. The predicted molar refractivity (Wildman–Crippen MR) is 87.1 cm³/mol. The summed E-state index contributed by atoms with van der Waals surface area (Å²) in [5.74, 6) is 0.361. The standard InChI is InChI=1S/C17H17F2NO5/c1-22-11-5-7-13(23-2)12(9-11)20-16(21)10-4-6-14(25-17(18)19)15(8-10)24-3/h4-9,17H,1-3H3,(H,20,21). The van der Waals surface area contributed by atoms with Gasteiger partial charge in [0.25, 0.3) is 5.91 Å². The molecule has 0 saturated heterocycles. The van der Waals surface area contributed by atoms with E-state index in [9.17, 15) is 13.6 Å². The van der Waals surface area contributed by atoms with E-state index in [4.69, 9.17) is 14.2 Å². The molecule has 0 aliphatic heterocycles. The lowest BCUT2D eigenvalue weighted by atomic mass is 10.1. The molecular formula is C17H17F2NO5. The quantitative estimate of drug-likeness (QED) is 0.824. The molecule has 134 valence electrons. The number of nitrogens with one attached hydrogen (secondary N) is 1. The molecule has 0 heterocycles. The van der Waals surface area contributed by atoms with Crippen LogP contribution >= 0.6 is 0 Å². The zero-order chi connectivity index (χ0) is 18.4. The minimum absolute atomic E-state index is 0.0190. The number of carbonyl (C=O) groups is 1. The molecule has 2 aromatic rings. The molecule has 0 bridgehead atoms. The van der Waals surface area contributed by atoms with E-state index in [2.05, 4.69) is 10.1 Å². The Labute approximate surface area is 143 Å². The molecule has 0 fully saturated rings. The maximum absolute atomic E-state index is 12.4. The lowest BCUT2D eigenvalue weighted by molar-refractivity contribution is -0.0512. The molecule has 0 aliphatic carbocycles. The molecule has 0 saturated carbocycles. The highest BCUT2D eigenvalue weighted by Crippen LogP contribution is 2.32. The molecule has 6 nitrogen and oxygen atoms in total. The predicted octanol–water partition coefficient (Wildman–Crippen LogP) is 3.57. The molecule has 1 amide bonds. The average Bonchev–Trinajstić information content (AvgIpc) is 2.61. The Kier molecular flexibility index (Phi) is 5.99. The van der Waals surface area contributed by atoms with E-state index in [-0.39, 0.29) is 17.1 Å². The molecule has 25 heavy (non-hydrogen) atoms. The van der Waals surface area contributed by atoms with Crippen LogP contribution in [-0.4, -0.2) is 33.8 Å². The van der Waals surface area contributed by atoms with E-state index >= 15 is 0 Å². The highest BCUT2D eigenvalue weighted by atomic mass is 19.3. The van der Waals surface area contributed by atoms with E-state index in [1.807, 2.05) is 0 Å². The Morgan fingerprint density at radius 2 is 1.60 bits per heavy atom. The summed E-state index contributed by atoms with van der Waals surface area (Å²) in [5.41, 5.74) is 0.599. The van der Waals surface area contributed by atoms with Gasteiger partial charge in [-0.1, -0.05) is 0 Å². The van der Waals surface area contributed by atoms with Gasteiger partial charge in [0.2, 0.25) is 0 Å². The number of hydrogen-bond donors (Lipinski definition) is 1. The Hall–Kier alpha value is -3.03. The second-order valence-electron chi connectivity index (χ2n) is 4.76. The van der Waals surface area contributed by atoms with Crippen molar-refractivity contribution in [2.24, 2.45) is 0 Å². The summed E-state index contributed by atoms with van der Waals surface area (Å²) < 4.78 is 44.3. The third-order valence-electron chi connectivity index (χ3n) is 3.30. The van der Waals surface area contributed by atoms with Crippen LogP contribution in [0.2, 0.25) is 0 Å². The smallest absolute Gasteiger partial charge is 0.387 e. The summed E-state index contributed by atoms with van der Waals surface area (Å²) in [7, 11) is 4.26. The van der Waals surface area contributed by atoms with Crippen molar-refractivity contribution >= 4 is 11.6 Å². The van der Waals surface area contributed by atoms with Gasteiger partial charge in [0.05, 0.1) is 27.0 Å². The fourth-order valence-corrected chi connectivity index (χ4v) is 2.11. The minimum atomic E-state index is -2.99. The SMILES string of the molecule is COc1ccc(OC)c(NC(=O)c2ccc(OC(F)F)c(OC)c2)c1. The van der Waals surface area contributed by atoms with Crippen LogP contribution < -0.4 is 24.3 Å². The first kappa shape index (κ1) is 18.3. The number of benzene rings is 2. The molecule has 0 spiro atoms. The molecule has 0 atom stereocenters. The number of amides is 1. The maximum Gasteiger partial charge on any atom is 0.387 e. The lowest BCUT2D eigenvalue weighted by Gasteiger charge is -2.13. The van der Waals surface area contributed by atoms with E-state index in [1.165, 1.54) is 39.5 Å². The van der Waals surface area contributed by atoms with Crippen LogP contribution in [0, 0.1) is 0 Å². The van der Waals surface area contributed by atoms with Crippen molar-refractivity contribution in [2.75, 3.05) is 26.6 Å². The first-order valence-corrected chi connectivity index (χ1v) is 7.14. The number of ether oxygens (including phenoxy) is 4. The molecular weight excluding hydrogens is 336 g/mol. The number of carbonyl (C=O) groups excluding carboxylic acids is 1. The molecule has 2 aromatic carbocycles. The van der Waals surface area contributed by atoms with E-state index in [0.29, 0.717) is 17.2 Å². The Morgan fingerprint density at radius 1 is 0.920 bits per heavy atom. The lowest BCUT2D eigenvalue weighted by Crippen LogP contribution is -2.13. The van der Waals surface area contributed by atoms with Gasteiger partial charge in [-0.15, -0.1) is 0 Å². The minimum Gasteiger partial charge on any atom is -0.497 e. The molecule has 1 N–H and O–H groups in total. The highest BCUT2D eigenvalue weighted by Gasteiger charge is 2.16. The summed E-state index contributed by atoms with van der Waals surface area (Å²) in [5, 5.41) is 2.68. The Morgan fingerprint density at radius 3 is 2.20 bits per heavy atom. The number of hydrogen-bond acceptors (Lipinski definition) is 5. The first-order valence-electron chi connectivity index (χ1n) is 7.14. The van der Waals surface area contributed by atoms with Gasteiger partial charge in [-0.25, -0.2) is 0 Å². The van der Waals surface area contributed by atoms with Crippen LogP contribution in [-0.2, 0) is 0 Å². The molecule has 0 aromatic heterocycles. The number of methoxy groups -OCH3 is 3. The van der Waals surface area contributed by atoms with Gasteiger partial charge in [0.15, 0.2) is 11.5 Å². The maximum atomic E-state index is 12.4. The Bertz CT molecular complexity index is 752. The van der Waals surface area contributed by atoms with Crippen LogP contribution in [0.3, 0.4) is 0 Å².